The summed E-state index contributed by atoms with van der Waals surface area (Å²) in [6.45, 7) is 4.89. The molecular weight excluding hydrogens is 178 g/mol. The number of likely N-dealkylation sites (N-methyl/N-ethyl adjacent to an activating group) is 1. The Morgan fingerprint density at radius 2 is 2.29 bits per heavy atom. The maximum Gasteiger partial charge on any atom is 0.0951 e. The van der Waals surface area contributed by atoms with E-state index in [-0.39, 0.29) is 12.1 Å². The second kappa shape index (κ2) is 5.83. The Balaban J connectivity index is 2.68. The number of nitrogens with one attached hydrogen (secondary N) is 1. The highest BCUT2D eigenvalue weighted by Crippen LogP contribution is 2.21. The third-order valence-electron chi connectivity index (χ3n) is 2.37. The zero-order chi connectivity index (χ0) is 10.4. The summed E-state index contributed by atoms with van der Waals surface area (Å²) in [5.74, 6) is 0. The molecule has 0 aromatic carbocycles. The van der Waals surface area contributed by atoms with Gasteiger partial charge in [0.05, 0.1) is 24.7 Å². The van der Waals surface area contributed by atoms with Crippen LogP contribution < -0.4 is 5.32 Å². The second-order valence-electron chi connectivity index (χ2n) is 3.23. The Kier molecular flexibility index (Phi) is 4.70. The van der Waals surface area contributed by atoms with Crippen LogP contribution in [-0.4, -0.2) is 19.8 Å². The molecule has 0 saturated heterocycles. The van der Waals surface area contributed by atoms with Gasteiger partial charge in [0.1, 0.15) is 0 Å². The van der Waals surface area contributed by atoms with E-state index in [1.165, 1.54) is 0 Å². The average molecular weight is 197 g/mol. The maximum absolute atomic E-state index is 5.66. The van der Waals surface area contributed by atoms with Crippen LogP contribution in [0.3, 0.4) is 0 Å². The predicted octanol–water partition coefficient (Wildman–Crippen LogP) is 2.36. The zero-order valence-electron chi connectivity index (χ0n) is 9.12. The number of rotatable bonds is 6. The summed E-state index contributed by atoms with van der Waals surface area (Å²) < 4.78 is 10.7. The highest BCUT2D eigenvalue weighted by molar-refractivity contribution is 5.13. The maximum atomic E-state index is 5.66. The predicted molar refractivity (Wildman–Crippen MR) is 56.2 cm³/mol. The molecule has 0 radical (unpaired) electrons. The van der Waals surface area contributed by atoms with Gasteiger partial charge in [-0.25, -0.2) is 0 Å². The van der Waals surface area contributed by atoms with Crippen molar-refractivity contribution in [2.75, 3.05) is 13.7 Å². The summed E-state index contributed by atoms with van der Waals surface area (Å²) in [6, 6.07) is 2.20. The largest absolute Gasteiger partial charge is 0.472 e. The molecule has 0 aliphatic carbocycles. The molecule has 14 heavy (non-hydrogen) atoms. The molecule has 0 aliphatic rings. The molecule has 1 rings (SSSR count). The molecule has 80 valence electrons. The molecule has 1 aromatic heterocycles. The monoisotopic (exact) mass is 197 g/mol. The highest BCUT2D eigenvalue weighted by atomic mass is 16.5. The van der Waals surface area contributed by atoms with Crippen LogP contribution in [-0.2, 0) is 4.74 Å². The first-order valence-electron chi connectivity index (χ1n) is 5.14. The molecule has 0 fully saturated rings. The topological polar surface area (TPSA) is 34.4 Å². The third-order valence-corrected chi connectivity index (χ3v) is 2.37. The summed E-state index contributed by atoms with van der Waals surface area (Å²) in [5, 5.41) is 3.26. The van der Waals surface area contributed by atoms with Gasteiger partial charge in [0.15, 0.2) is 0 Å². The minimum atomic E-state index is 0.211. The van der Waals surface area contributed by atoms with E-state index in [0.29, 0.717) is 0 Å². The van der Waals surface area contributed by atoms with Crippen LogP contribution in [0.15, 0.2) is 23.0 Å². The molecule has 3 nitrogen and oxygen atoms in total. The minimum Gasteiger partial charge on any atom is -0.472 e. The quantitative estimate of drug-likeness (QED) is 0.760. The van der Waals surface area contributed by atoms with Crippen molar-refractivity contribution in [3.63, 3.8) is 0 Å². The fraction of sp³-hybridized carbons (Fsp3) is 0.636. The smallest absolute Gasteiger partial charge is 0.0951 e. The van der Waals surface area contributed by atoms with Crippen molar-refractivity contribution < 1.29 is 9.15 Å². The van der Waals surface area contributed by atoms with Crippen molar-refractivity contribution in [1.82, 2.24) is 5.32 Å². The second-order valence-corrected chi connectivity index (χ2v) is 3.23. The number of hydrogen-bond acceptors (Lipinski definition) is 3. The van der Waals surface area contributed by atoms with Crippen LogP contribution in [0.5, 0.6) is 0 Å². The normalized spacial score (nSPS) is 15.4. The fourth-order valence-corrected chi connectivity index (χ4v) is 1.68. The van der Waals surface area contributed by atoms with Gasteiger partial charge >= 0.3 is 0 Å². The van der Waals surface area contributed by atoms with E-state index in [1.54, 1.807) is 12.5 Å². The lowest BCUT2D eigenvalue weighted by atomic mass is 10.0. The van der Waals surface area contributed by atoms with Gasteiger partial charge in [-0.1, -0.05) is 6.92 Å². The van der Waals surface area contributed by atoms with E-state index in [0.717, 1.165) is 18.6 Å². The Morgan fingerprint density at radius 1 is 1.50 bits per heavy atom. The molecule has 1 heterocycles. The van der Waals surface area contributed by atoms with Gasteiger partial charge in [-0.15, -0.1) is 0 Å². The van der Waals surface area contributed by atoms with Crippen molar-refractivity contribution in [1.29, 1.82) is 0 Å². The standard InChI is InChI=1S/C11H19NO2/c1-4-10(14-5-2)11(12-3)9-6-7-13-8-9/h6-8,10-12H,4-5H2,1-3H3. The Labute approximate surface area is 85.4 Å². The van der Waals surface area contributed by atoms with Crippen molar-refractivity contribution in [2.24, 2.45) is 0 Å². The average Bonchev–Trinajstić information content (AvgIpc) is 2.71. The summed E-state index contributed by atoms with van der Waals surface area (Å²) in [4.78, 5) is 0. The van der Waals surface area contributed by atoms with Crippen LogP contribution in [0.25, 0.3) is 0 Å². The molecule has 1 N–H and O–H groups in total. The molecule has 2 atom stereocenters. The van der Waals surface area contributed by atoms with E-state index in [9.17, 15) is 0 Å². The zero-order valence-corrected chi connectivity index (χ0v) is 9.12. The molecular formula is C11H19NO2. The lowest BCUT2D eigenvalue weighted by Gasteiger charge is -2.24. The van der Waals surface area contributed by atoms with E-state index in [1.807, 2.05) is 20.0 Å². The molecule has 0 amide bonds. The van der Waals surface area contributed by atoms with Gasteiger partial charge in [0.25, 0.3) is 0 Å². The Hall–Kier alpha value is -0.800. The minimum absolute atomic E-state index is 0.211. The van der Waals surface area contributed by atoms with Gasteiger partial charge < -0.3 is 14.5 Å². The number of hydrogen-bond donors (Lipinski definition) is 1. The SMILES string of the molecule is CCOC(CC)C(NC)c1ccoc1. The molecule has 0 saturated carbocycles. The van der Waals surface area contributed by atoms with Gasteiger partial charge in [-0.2, -0.15) is 0 Å². The van der Waals surface area contributed by atoms with Crippen LogP contribution in [0, 0.1) is 0 Å². The van der Waals surface area contributed by atoms with Crippen molar-refractivity contribution in [3.05, 3.63) is 24.2 Å². The summed E-state index contributed by atoms with van der Waals surface area (Å²) in [7, 11) is 1.94. The molecule has 3 heteroatoms. The summed E-state index contributed by atoms with van der Waals surface area (Å²) in [5.41, 5.74) is 1.15. The van der Waals surface area contributed by atoms with Crippen molar-refractivity contribution in [3.8, 4) is 0 Å². The number of ether oxygens (including phenoxy) is 1. The Bertz CT molecular complexity index is 233. The molecule has 0 bridgehead atoms. The summed E-state index contributed by atoms with van der Waals surface area (Å²) >= 11 is 0. The van der Waals surface area contributed by atoms with Gasteiger partial charge in [-0.05, 0) is 26.5 Å². The summed E-state index contributed by atoms with van der Waals surface area (Å²) in [6.07, 6.45) is 4.66. The molecule has 1 aromatic rings. The fourth-order valence-electron chi connectivity index (χ4n) is 1.68. The molecule has 0 aliphatic heterocycles. The lowest BCUT2D eigenvalue weighted by molar-refractivity contribution is 0.0332. The molecule has 0 spiro atoms. The first-order chi connectivity index (χ1) is 6.83. The van der Waals surface area contributed by atoms with Crippen LogP contribution >= 0.6 is 0 Å². The van der Waals surface area contributed by atoms with Crippen LogP contribution in [0.1, 0.15) is 31.9 Å². The van der Waals surface area contributed by atoms with Crippen LogP contribution in [0.4, 0.5) is 0 Å². The van der Waals surface area contributed by atoms with Gasteiger partial charge in [0, 0.05) is 12.2 Å². The third kappa shape index (κ3) is 2.59. The first kappa shape index (κ1) is 11.3. The van der Waals surface area contributed by atoms with Gasteiger partial charge in [0.2, 0.25) is 0 Å². The Morgan fingerprint density at radius 3 is 2.71 bits per heavy atom. The van der Waals surface area contributed by atoms with Gasteiger partial charge in [-0.3, -0.25) is 0 Å². The lowest BCUT2D eigenvalue weighted by Crippen LogP contribution is -2.31. The molecule has 2 unspecified atom stereocenters. The van der Waals surface area contributed by atoms with E-state index in [2.05, 4.69) is 12.2 Å². The number of furan rings is 1. The van der Waals surface area contributed by atoms with E-state index >= 15 is 0 Å². The van der Waals surface area contributed by atoms with Crippen LogP contribution in [0.2, 0.25) is 0 Å². The van der Waals surface area contributed by atoms with E-state index < -0.39 is 0 Å². The van der Waals surface area contributed by atoms with Crippen molar-refractivity contribution in [2.45, 2.75) is 32.4 Å². The van der Waals surface area contributed by atoms with E-state index in [4.69, 9.17) is 9.15 Å². The highest BCUT2D eigenvalue weighted by Gasteiger charge is 2.21. The first-order valence-corrected chi connectivity index (χ1v) is 5.14. The van der Waals surface area contributed by atoms with Crippen molar-refractivity contribution >= 4 is 0 Å².